The van der Waals surface area contributed by atoms with Crippen LogP contribution in [0.5, 0.6) is 0 Å². The van der Waals surface area contributed by atoms with Gasteiger partial charge in [-0.25, -0.2) is 0 Å². The zero-order valence-corrected chi connectivity index (χ0v) is 12.2. The van der Waals surface area contributed by atoms with Crippen molar-refractivity contribution in [2.24, 2.45) is 5.73 Å². The molecule has 3 N–H and O–H groups in total. The summed E-state index contributed by atoms with van der Waals surface area (Å²) >= 11 is 0. The number of hydrogen-bond acceptors (Lipinski definition) is 3. The predicted octanol–water partition coefficient (Wildman–Crippen LogP) is 1.85. The quantitative estimate of drug-likeness (QED) is 0.844. The van der Waals surface area contributed by atoms with E-state index in [9.17, 15) is 5.11 Å². The number of aliphatic hydroxyl groups is 1. The average molecular weight is 273 g/mol. The Hall–Kier alpha value is -1.65. The smallest absolute Gasteiger partial charge is 0.0842 e. The van der Waals surface area contributed by atoms with Crippen LogP contribution in [0.3, 0.4) is 0 Å². The van der Waals surface area contributed by atoms with Crippen LogP contribution in [0.4, 0.5) is 0 Å². The molecule has 0 spiro atoms. The molecule has 0 amide bonds. The summed E-state index contributed by atoms with van der Waals surface area (Å²) < 4.78 is 1.93. The summed E-state index contributed by atoms with van der Waals surface area (Å²) in [5.74, 6) is 0. The van der Waals surface area contributed by atoms with Crippen molar-refractivity contribution in [2.45, 2.75) is 38.8 Å². The second-order valence-electron chi connectivity index (χ2n) is 5.17. The summed E-state index contributed by atoms with van der Waals surface area (Å²) in [4.78, 5) is 0. The van der Waals surface area contributed by atoms with E-state index in [2.05, 4.69) is 25.0 Å². The first-order chi connectivity index (χ1) is 9.62. The van der Waals surface area contributed by atoms with E-state index in [1.807, 2.05) is 35.0 Å². The van der Waals surface area contributed by atoms with Gasteiger partial charge in [-0.2, -0.15) is 5.10 Å². The lowest BCUT2D eigenvalue weighted by molar-refractivity contribution is 0.173. The molecule has 0 aliphatic heterocycles. The maximum atomic E-state index is 9.76. The number of rotatable bonds is 6. The van der Waals surface area contributed by atoms with Gasteiger partial charge in [-0.05, 0) is 24.5 Å². The molecule has 2 aromatic rings. The molecule has 20 heavy (non-hydrogen) atoms. The maximum Gasteiger partial charge on any atom is 0.0842 e. The van der Waals surface area contributed by atoms with Gasteiger partial charge in [-0.1, -0.05) is 44.2 Å². The second kappa shape index (κ2) is 6.20. The van der Waals surface area contributed by atoms with Crippen molar-refractivity contribution in [2.75, 3.05) is 6.61 Å². The highest BCUT2D eigenvalue weighted by molar-refractivity contribution is 5.24. The highest BCUT2D eigenvalue weighted by Gasteiger charge is 2.28. The Morgan fingerprint density at radius 3 is 2.45 bits per heavy atom. The lowest BCUT2D eigenvalue weighted by Gasteiger charge is -2.28. The average Bonchev–Trinajstić information content (AvgIpc) is 2.90. The van der Waals surface area contributed by atoms with E-state index >= 15 is 0 Å². The summed E-state index contributed by atoms with van der Waals surface area (Å²) in [6.45, 7) is 4.57. The standard InChI is InChI=1S/C16H23N3O/c1-3-14-10-15(4-2)19(18-14)11-16(17,12-20)13-8-6-5-7-9-13/h5-10,20H,3-4,11-12,17H2,1-2H3. The van der Waals surface area contributed by atoms with Crippen LogP contribution in [0.25, 0.3) is 0 Å². The largest absolute Gasteiger partial charge is 0.394 e. The molecule has 0 radical (unpaired) electrons. The molecule has 1 unspecified atom stereocenters. The van der Waals surface area contributed by atoms with E-state index in [-0.39, 0.29) is 6.61 Å². The molecule has 4 heteroatoms. The third-order valence-electron chi connectivity index (χ3n) is 3.70. The van der Waals surface area contributed by atoms with Gasteiger partial charge in [0.25, 0.3) is 0 Å². The summed E-state index contributed by atoms with van der Waals surface area (Å²) in [5, 5.41) is 14.3. The molecular formula is C16H23N3O. The summed E-state index contributed by atoms with van der Waals surface area (Å²) in [6, 6.07) is 11.8. The fourth-order valence-corrected chi connectivity index (χ4v) is 2.38. The van der Waals surface area contributed by atoms with E-state index in [1.54, 1.807) is 0 Å². The van der Waals surface area contributed by atoms with Crippen LogP contribution >= 0.6 is 0 Å². The fraction of sp³-hybridized carbons (Fsp3) is 0.438. The number of aryl methyl sites for hydroxylation is 2. The zero-order valence-electron chi connectivity index (χ0n) is 12.2. The minimum atomic E-state index is -0.803. The Morgan fingerprint density at radius 1 is 1.20 bits per heavy atom. The first-order valence-electron chi connectivity index (χ1n) is 7.13. The lowest BCUT2D eigenvalue weighted by atomic mass is 9.92. The van der Waals surface area contributed by atoms with E-state index in [0.717, 1.165) is 29.8 Å². The molecule has 0 bridgehead atoms. The van der Waals surface area contributed by atoms with Crippen LogP contribution in [0, 0.1) is 0 Å². The van der Waals surface area contributed by atoms with E-state index in [4.69, 9.17) is 5.73 Å². The number of aromatic nitrogens is 2. The van der Waals surface area contributed by atoms with Crippen molar-refractivity contribution in [1.82, 2.24) is 9.78 Å². The Bertz CT molecular complexity index is 550. The molecule has 2 rings (SSSR count). The molecule has 1 atom stereocenters. The monoisotopic (exact) mass is 273 g/mol. The van der Waals surface area contributed by atoms with Gasteiger partial charge in [-0.3, -0.25) is 4.68 Å². The third kappa shape index (κ3) is 2.92. The predicted molar refractivity (Wildman–Crippen MR) is 80.4 cm³/mol. The summed E-state index contributed by atoms with van der Waals surface area (Å²) in [6.07, 6.45) is 1.81. The summed E-state index contributed by atoms with van der Waals surface area (Å²) in [5.41, 5.74) is 8.76. The van der Waals surface area contributed by atoms with Crippen molar-refractivity contribution < 1.29 is 5.11 Å². The molecule has 0 aliphatic carbocycles. The second-order valence-corrected chi connectivity index (χ2v) is 5.17. The van der Waals surface area contributed by atoms with Gasteiger partial charge in [0.2, 0.25) is 0 Å². The first-order valence-corrected chi connectivity index (χ1v) is 7.13. The van der Waals surface area contributed by atoms with Crippen LogP contribution in [-0.2, 0) is 24.9 Å². The molecule has 0 aliphatic rings. The van der Waals surface area contributed by atoms with Crippen molar-refractivity contribution in [3.05, 3.63) is 53.3 Å². The van der Waals surface area contributed by atoms with Crippen molar-refractivity contribution in [3.63, 3.8) is 0 Å². The number of hydrogen-bond donors (Lipinski definition) is 2. The van der Waals surface area contributed by atoms with Gasteiger partial charge in [0.1, 0.15) is 0 Å². The minimum Gasteiger partial charge on any atom is -0.394 e. The normalized spacial score (nSPS) is 14.2. The van der Waals surface area contributed by atoms with E-state index < -0.39 is 5.54 Å². The highest BCUT2D eigenvalue weighted by Crippen LogP contribution is 2.21. The van der Waals surface area contributed by atoms with Crippen LogP contribution in [0.15, 0.2) is 36.4 Å². The molecule has 0 saturated carbocycles. The lowest BCUT2D eigenvalue weighted by Crippen LogP contribution is -2.45. The maximum absolute atomic E-state index is 9.76. The van der Waals surface area contributed by atoms with Crippen LogP contribution in [0.1, 0.15) is 30.8 Å². The minimum absolute atomic E-state index is 0.110. The number of nitrogens with two attached hydrogens (primary N) is 1. The molecular weight excluding hydrogens is 250 g/mol. The van der Waals surface area contributed by atoms with Gasteiger partial charge in [0, 0.05) is 5.69 Å². The SMILES string of the molecule is CCc1cc(CC)n(CC(N)(CO)c2ccccc2)n1. The molecule has 0 saturated heterocycles. The molecule has 108 valence electrons. The van der Waals surface area contributed by atoms with Gasteiger partial charge < -0.3 is 10.8 Å². The topological polar surface area (TPSA) is 64.1 Å². The van der Waals surface area contributed by atoms with Crippen LogP contribution < -0.4 is 5.73 Å². The van der Waals surface area contributed by atoms with E-state index in [1.165, 1.54) is 0 Å². The number of nitrogens with zero attached hydrogens (tertiary/aromatic N) is 2. The third-order valence-corrected chi connectivity index (χ3v) is 3.70. The van der Waals surface area contributed by atoms with E-state index in [0.29, 0.717) is 6.54 Å². The van der Waals surface area contributed by atoms with Crippen LogP contribution in [-0.4, -0.2) is 21.5 Å². The molecule has 1 heterocycles. The van der Waals surface area contributed by atoms with Crippen molar-refractivity contribution in [1.29, 1.82) is 0 Å². The Morgan fingerprint density at radius 2 is 1.90 bits per heavy atom. The summed E-state index contributed by atoms with van der Waals surface area (Å²) in [7, 11) is 0. The molecule has 4 nitrogen and oxygen atoms in total. The highest BCUT2D eigenvalue weighted by atomic mass is 16.3. The van der Waals surface area contributed by atoms with Crippen LogP contribution in [0.2, 0.25) is 0 Å². The van der Waals surface area contributed by atoms with Crippen molar-refractivity contribution in [3.8, 4) is 0 Å². The Labute approximate surface area is 120 Å². The molecule has 1 aromatic carbocycles. The Balaban J connectivity index is 2.32. The number of benzene rings is 1. The zero-order chi connectivity index (χ0) is 14.6. The van der Waals surface area contributed by atoms with Gasteiger partial charge in [0.05, 0.1) is 24.4 Å². The van der Waals surface area contributed by atoms with Gasteiger partial charge in [0.15, 0.2) is 0 Å². The molecule has 1 aromatic heterocycles. The first kappa shape index (κ1) is 14.8. The molecule has 0 fully saturated rings. The Kier molecular flexibility index (Phi) is 4.57. The van der Waals surface area contributed by atoms with Gasteiger partial charge >= 0.3 is 0 Å². The number of aliphatic hydroxyl groups excluding tert-OH is 1. The van der Waals surface area contributed by atoms with Gasteiger partial charge in [-0.15, -0.1) is 0 Å². The fourth-order valence-electron chi connectivity index (χ4n) is 2.38. The van der Waals surface area contributed by atoms with Crippen molar-refractivity contribution >= 4 is 0 Å².